The maximum absolute atomic E-state index is 11.2. The Hall–Kier alpha value is -1.03. The predicted molar refractivity (Wildman–Crippen MR) is 44.7 cm³/mol. The van der Waals surface area contributed by atoms with Crippen LogP contribution in [0, 0.1) is 6.07 Å². The second-order valence-corrected chi connectivity index (χ2v) is 4.59. The molecule has 12 heavy (non-hydrogen) atoms. The van der Waals surface area contributed by atoms with E-state index in [1.54, 1.807) is 6.92 Å². The van der Waals surface area contributed by atoms with Crippen molar-refractivity contribution >= 4 is 9.84 Å². The smallest absolute Gasteiger partial charge is 0.178 e. The minimum Gasteiger partial charge on any atom is -0.507 e. The summed E-state index contributed by atoms with van der Waals surface area (Å²) in [6, 6.07) is 6.36. The molecule has 1 aromatic carbocycles. The zero-order chi connectivity index (χ0) is 9.19. The third-order valence-electron chi connectivity index (χ3n) is 1.51. The largest absolute Gasteiger partial charge is 0.507 e. The van der Waals surface area contributed by atoms with Gasteiger partial charge in [-0.15, -0.1) is 0 Å². The van der Waals surface area contributed by atoms with Gasteiger partial charge in [-0.05, 0) is 18.2 Å². The first-order valence-electron chi connectivity index (χ1n) is 3.49. The van der Waals surface area contributed by atoms with Gasteiger partial charge in [0.05, 0.1) is 10.6 Å². The first-order valence-corrected chi connectivity index (χ1v) is 5.15. The molecule has 0 bridgehead atoms. The zero-order valence-electron chi connectivity index (χ0n) is 6.61. The number of benzene rings is 1. The van der Waals surface area contributed by atoms with Gasteiger partial charge in [-0.25, -0.2) is 8.42 Å². The molecule has 0 atom stereocenters. The summed E-state index contributed by atoms with van der Waals surface area (Å²) in [4.78, 5) is 0.197. The van der Waals surface area contributed by atoms with Crippen molar-refractivity contribution in [3.8, 4) is 5.75 Å². The van der Waals surface area contributed by atoms with Crippen molar-refractivity contribution in [2.24, 2.45) is 0 Å². The van der Waals surface area contributed by atoms with Crippen LogP contribution in [0.1, 0.15) is 6.92 Å². The molecule has 0 aromatic heterocycles. The van der Waals surface area contributed by atoms with E-state index in [4.69, 9.17) is 5.11 Å². The van der Waals surface area contributed by atoms with Crippen LogP contribution >= 0.6 is 0 Å². The van der Waals surface area contributed by atoms with Gasteiger partial charge in [0.25, 0.3) is 0 Å². The molecule has 4 heteroatoms. The van der Waals surface area contributed by atoms with Gasteiger partial charge < -0.3 is 5.11 Å². The van der Waals surface area contributed by atoms with E-state index < -0.39 is 9.84 Å². The molecule has 0 saturated heterocycles. The minimum atomic E-state index is -3.16. The molecule has 0 aliphatic heterocycles. The van der Waals surface area contributed by atoms with Gasteiger partial charge in [-0.2, -0.15) is 0 Å². The van der Waals surface area contributed by atoms with Crippen LogP contribution in [-0.2, 0) is 9.84 Å². The molecule has 1 aromatic rings. The molecule has 0 spiro atoms. The van der Waals surface area contributed by atoms with Crippen molar-refractivity contribution in [3.63, 3.8) is 0 Å². The fourth-order valence-corrected chi connectivity index (χ4v) is 1.61. The highest BCUT2D eigenvalue weighted by atomic mass is 32.2. The summed E-state index contributed by atoms with van der Waals surface area (Å²) >= 11 is 0. The molecule has 0 aliphatic rings. The van der Waals surface area contributed by atoms with Gasteiger partial charge in [0, 0.05) is 6.07 Å². The number of hydrogen-bond acceptors (Lipinski definition) is 3. The van der Waals surface area contributed by atoms with E-state index in [9.17, 15) is 8.42 Å². The Morgan fingerprint density at radius 2 is 2.17 bits per heavy atom. The lowest BCUT2D eigenvalue weighted by Gasteiger charge is -1.99. The van der Waals surface area contributed by atoms with Gasteiger partial charge in [0.1, 0.15) is 5.75 Å². The van der Waals surface area contributed by atoms with Crippen molar-refractivity contribution in [3.05, 3.63) is 24.3 Å². The highest BCUT2D eigenvalue weighted by Crippen LogP contribution is 2.14. The van der Waals surface area contributed by atoms with Crippen molar-refractivity contribution in [2.45, 2.75) is 11.8 Å². The third kappa shape index (κ3) is 1.76. The van der Waals surface area contributed by atoms with Crippen molar-refractivity contribution in [1.29, 1.82) is 0 Å². The Balaban J connectivity index is 3.14. The van der Waals surface area contributed by atoms with Crippen LogP contribution in [0.15, 0.2) is 23.1 Å². The van der Waals surface area contributed by atoms with Crippen molar-refractivity contribution < 1.29 is 13.5 Å². The summed E-state index contributed by atoms with van der Waals surface area (Å²) in [5.41, 5.74) is 0. The van der Waals surface area contributed by atoms with E-state index in [1.165, 1.54) is 18.2 Å². The Morgan fingerprint density at radius 1 is 1.50 bits per heavy atom. The summed E-state index contributed by atoms with van der Waals surface area (Å²) in [5.74, 6) is 0.0102. The van der Waals surface area contributed by atoms with Crippen molar-refractivity contribution in [1.82, 2.24) is 0 Å². The lowest BCUT2D eigenvalue weighted by Crippen LogP contribution is -2.02. The summed E-state index contributed by atoms with van der Waals surface area (Å²) in [5, 5.41) is 8.84. The third-order valence-corrected chi connectivity index (χ3v) is 3.24. The maximum Gasteiger partial charge on any atom is 0.178 e. The molecule has 1 radical (unpaired) electrons. The highest BCUT2D eigenvalue weighted by molar-refractivity contribution is 7.91. The van der Waals surface area contributed by atoms with E-state index in [0.717, 1.165) is 0 Å². The molecule has 0 aliphatic carbocycles. The molecule has 0 heterocycles. The second kappa shape index (κ2) is 3.15. The first kappa shape index (κ1) is 9.06. The number of rotatable bonds is 2. The van der Waals surface area contributed by atoms with Crippen LogP contribution in [0.3, 0.4) is 0 Å². The molecule has 1 rings (SSSR count). The molecule has 0 saturated carbocycles. The van der Waals surface area contributed by atoms with E-state index in [1.807, 2.05) is 0 Å². The number of hydrogen-bond donors (Lipinski definition) is 1. The van der Waals surface area contributed by atoms with Crippen LogP contribution < -0.4 is 0 Å². The molecular weight excluding hydrogens is 176 g/mol. The Kier molecular flexibility index (Phi) is 2.38. The monoisotopic (exact) mass is 185 g/mol. The normalized spacial score (nSPS) is 11.4. The van der Waals surface area contributed by atoms with Crippen LogP contribution in [0.5, 0.6) is 5.75 Å². The van der Waals surface area contributed by atoms with E-state index in [2.05, 4.69) is 6.07 Å². The SMILES string of the molecule is CCS(=O)(=O)c1c[c]c(O)cc1. The second-order valence-electron chi connectivity index (χ2n) is 2.31. The minimum absolute atomic E-state index is 0.0509. The topological polar surface area (TPSA) is 54.4 Å². The molecular formula is C8H9O3S. The van der Waals surface area contributed by atoms with E-state index in [0.29, 0.717) is 0 Å². The van der Waals surface area contributed by atoms with E-state index >= 15 is 0 Å². The van der Waals surface area contributed by atoms with Gasteiger partial charge in [0.15, 0.2) is 9.84 Å². The summed E-state index contributed by atoms with van der Waals surface area (Å²) in [7, 11) is -3.16. The van der Waals surface area contributed by atoms with Crippen molar-refractivity contribution in [2.75, 3.05) is 5.75 Å². The quantitative estimate of drug-likeness (QED) is 0.747. The summed E-state index contributed by atoms with van der Waals surface area (Å²) in [6.07, 6.45) is 0. The molecule has 1 N–H and O–H groups in total. The van der Waals surface area contributed by atoms with E-state index in [-0.39, 0.29) is 16.4 Å². The summed E-state index contributed by atoms with van der Waals surface area (Å²) in [6.45, 7) is 1.57. The first-order chi connectivity index (χ1) is 5.56. The van der Waals surface area contributed by atoms with Crippen LogP contribution in [0.2, 0.25) is 0 Å². The lowest BCUT2D eigenvalue weighted by molar-refractivity contribution is 0.473. The molecule has 65 valence electrons. The van der Waals surface area contributed by atoms with Crippen LogP contribution in [0.25, 0.3) is 0 Å². The lowest BCUT2D eigenvalue weighted by atomic mass is 10.3. The molecule has 0 fully saturated rings. The average Bonchev–Trinajstić information content (AvgIpc) is 2.05. The van der Waals surface area contributed by atoms with Crippen LogP contribution in [0.4, 0.5) is 0 Å². The molecule has 3 nitrogen and oxygen atoms in total. The fourth-order valence-electron chi connectivity index (χ4n) is 0.762. The number of sulfone groups is 1. The fraction of sp³-hybridized carbons (Fsp3) is 0.250. The number of aromatic hydroxyl groups is 1. The van der Waals surface area contributed by atoms with Gasteiger partial charge >= 0.3 is 0 Å². The Labute approximate surface area is 71.6 Å². The molecule has 0 unspecified atom stereocenters. The zero-order valence-corrected chi connectivity index (χ0v) is 7.43. The number of phenolic OH excluding ortho intramolecular Hbond substituents is 1. The Bertz CT molecular complexity index is 350. The predicted octanol–water partition coefficient (Wildman–Crippen LogP) is 0.986. The summed E-state index contributed by atoms with van der Waals surface area (Å²) < 4.78 is 22.4. The van der Waals surface area contributed by atoms with Gasteiger partial charge in [0.2, 0.25) is 0 Å². The Morgan fingerprint density at radius 3 is 2.58 bits per heavy atom. The maximum atomic E-state index is 11.2. The van der Waals surface area contributed by atoms with Crippen LogP contribution in [-0.4, -0.2) is 19.3 Å². The van der Waals surface area contributed by atoms with Gasteiger partial charge in [-0.3, -0.25) is 0 Å². The molecule has 0 amide bonds. The van der Waals surface area contributed by atoms with Gasteiger partial charge in [-0.1, -0.05) is 6.92 Å². The highest BCUT2D eigenvalue weighted by Gasteiger charge is 2.10. The average molecular weight is 185 g/mol. The standard InChI is InChI=1S/C8H9O3S/c1-2-12(10,11)8-5-3-7(9)4-6-8/h3,5-6,9H,2H2,1H3. The number of phenols is 1.